The average Bonchev–Trinajstić information content (AvgIpc) is 3.32. The van der Waals surface area contributed by atoms with E-state index in [-0.39, 0.29) is 42.0 Å². The predicted octanol–water partition coefficient (Wildman–Crippen LogP) is 2.21. The molecule has 2 aliphatic rings. The van der Waals surface area contributed by atoms with Crippen molar-refractivity contribution in [1.82, 2.24) is 15.1 Å². The van der Waals surface area contributed by atoms with Gasteiger partial charge < -0.3 is 18.6 Å². The van der Waals surface area contributed by atoms with E-state index in [0.717, 1.165) is 0 Å². The first-order valence-corrected chi connectivity index (χ1v) is 9.20. The minimum Gasteiger partial charge on any atom is -0.493 e. The predicted molar refractivity (Wildman–Crippen MR) is 100 cm³/mol. The maximum Gasteiger partial charge on any atom is 0.248 e. The van der Waals surface area contributed by atoms with Gasteiger partial charge in [0.1, 0.15) is 6.54 Å². The summed E-state index contributed by atoms with van der Waals surface area (Å²) in [7, 11) is 4.54. The highest BCUT2D eigenvalue weighted by Gasteiger charge is 2.47. The van der Waals surface area contributed by atoms with Crippen molar-refractivity contribution in [2.45, 2.75) is 19.4 Å². The number of imide groups is 1. The number of fused-ring (bicyclic) bond motifs is 1. The number of benzene rings is 1. The van der Waals surface area contributed by atoms with Crippen molar-refractivity contribution in [2.24, 2.45) is 11.8 Å². The third kappa shape index (κ3) is 3.22. The normalized spacial score (nSPS) is 20.7. The van der Waals surface area contributed by atoms with Crippen LogP contribution in [0.1, 0.15) is 18.7 Å². The monoisotopic (exact) mass is 399 g/mol. The molecule has 1 aliphatic heterocycles. The smallest absolute Gasteiger partial charge is 0.248 e. The maximum absolute atomic E-state index is 12.6. The van der Waals surface area contributed by atoms with Gasteiger partial charge in [-0.15, -0.1) is 10.2 Å². The summed E-state index contributed by atoms with van der Waals surface area (Å²) in [4.78, 5) is 26.4. The van der Waals surface area contributed by atoms with E-state index in [1.165, 1.54) is 26.2 Å². The number of ether oxygens (including phenoxy) is 3. The molecule has 0 bridgehead atoms. The molecule has 9 nitrogen and oxygen atoms in total. The highest BCUT2D eigenvalue weighted by Crippen LogP contribution is 2.41. The number of likely N-dealkylation sites (tertiary alicyclic amines) is 1. The van der Waals surface area contributed by atoms with Crippen LogP contribution in [-0.4, -0.2) is 48.2 Å². The Hall–Kier alpha value is -3.36. The quantitative estimate of drug-likeness (QED) is 0.538. The molecular weight excluding hydrogens is 378 g/mol. The fourth-order valence-corrected chi connectivity index (χ4v) is 3.80. The first-order valence-electron chi connectivity index (χ1n) is 9.20. The first-order chi connectivity index (χ1) is 14.1. The molecule has 2 heterocycles. The minimum atomic E-state index is -0.287. The van der Waals surface area contributed by atoms with Crippen LogP contribution in [0.3, 0.4) is 0 Å². The van der Waals surface area contributed by atoms with E-state index >= 15 is 0 Å². The standard InChI is InChI=1S/C20H21N3O6/c1-26-14-8-11(9-15(27-2)17(14)28-3)18-22-21-16(29-18)10-23-19(24)12-6-4-5-7-13(12)20(23)25/h4-5,8-9,12-13H,6-7,10H2,1-3H3/t12-,13-/m1/s1. The molecule has 29 heavy (non-hydrogen) atoms. The van der Waals surface area contributed by atoms with Crippen LogP contribution in [0.5, 0.6) is 17.2 Å². The van der Waals surface area contributed by atoms with E-state index in [0.29, 0.717) is 35.7 Å². The summed E-state index contributed by atoms with van der Waals surface area (Å²) >= 11 is 0. The third-order valence-electron chi connectivity index (χ3n) is 5.27. The minimum absolute atomic E-state index is 0.0396. The van der Waals surface area contributed by atoms with E-state index < -0.39 is 0 Å². The molecule has 2 aromatic rings. The topological polar surface area (TPSA) is 104 Å². The highest BCUT2D eigenvalue weighted by molar-refractivity contribution is 6.05. The highest BCUT2D eigenvalue weighted by atomic mass is 16.5. The third-order valence-corrected chi connectivity index (χ3v) is 5.27. The van der Waals surface area contributed by atoms with Gasteiger partial charge in [0.05, 0.1) is 33.2 Å². The number of rotatable bonds is 6. The van der Waals surface area contributed by atoms with Gasteiger partial charge in [0.15, 0.2) is 11.5 Å². The lowest BCUT2D eigenvalue weighted by Crippen LogP contribution is -2.30. The summed E-state index contributed by atoms with van der Waals surface area (Å²) in [5.74, 6) is 0.803. The zero-order chi connectivity index (χ0) is 20.5. The summed E-state index contributed by atoms with van der Waals surface area (Å²) in [6.45, 7) is -0.0396. The molecule has 1 aliphatic carbocycles. The molecule has 1 saturated heterocycles. The van der Waals surface area contributed by atoms with Crippen molar-refractivity contribution in [1.29, 1.82) is 0 Å². The Morgan fingerprint density at radius 2 is 1.55 bits per heavy atom. The molecule has 152 valence electrons. The Bertz CT molecular complexity index is 931. The van der Waals surface area contributed by atoms with Crippen molar-refractivity contribution < 1.29 is 28.2 Å². The lowest BCUT2D eigenvalue weighted by Gasteiger charge is -2.14. The van der Waals surface area contributed by atoms with Crippen LogP contribution < -0.4 is 14.2 Å². The Balaban J connectivity index is 1.58. The van der Waals surface area contributed by atoms with Crippen LogP contribution >= 0.6 is 0 Å². The fraction of sp³-hybridized carbons (Fsp3) is 0.400. The Kier molecular flexibility index (Phi) is 4.96. The summed E-state index contributed by atoms with van der Waals surface area (Å²) in [6.07, 6.45) is 5.08. The molecule has 1 aromatic carbocycles. The van der Waals surface area contributed by atoms with E-state index in [4.69, 9.17) is 18.6 Å². The SMILES string of the molecule is COc1cc(-c2nnc(CN3C(=O)[C@@H]4CC=CC[C@H]4C3=O)o2)cc(OC)c1OC. The average molecular weight is 399 g/mol. The summed E-state index contributed by atoms with van der Waals surface area (Å²) in [5, 5.41) is 8.05. The second-order valence-corrected chi connectivity index (χ2v) is 6.83. The van der Waals surface area contributed by atoms with Crippen molar-refractivity contribution in [2.75, 3.05) is 21.3 Å². The second-order valence-electron chi connectivity index (χ2n) is 6.83. The number of allylic oxidation sites excluding steroid dienone is 2. The summed E-state index contributed by atoms with van der Waals surface area (Å²) < 4.78 is 21.7. The van der Waals surface area contributed by atoms with Crippen LogP contribution in [0.25, 0.3) is 11.5 Å². The van der Waals surface area contributed by atoms with Gasteiger partial charge in [0, 0.05) is 5.56 Å². The van der Waals surface area contributed by atoms with Crippen molar-refractivity contribution in [3.63, 3.8) is 0 Å². The molecule has 0 radical (unpaired) electrons. The van der Waals surface area contributed by atoms with E-state index in [2.05, 4.69) is 10.2 Å². The molecule has 4 rings (SSSR count). The van der Waals surface area contributed by atoms with Gasteiger partial charge >= 0.3 is 0 Å². The number of carbonyl (C=O) groups is 2. The van der Waals surface area contributed by atoms with Crippen molar-refractivity contribution in [3.05, 3.63) is 30.2 Å². The molecule has 9 heteroatoms. The number of methoxy groups -OCH3 is 3. The Labute approximate surface area is 167 Å². The van der Waals surface area contributed by atoms with Gasteiger partial charge in [-0.25, -0.2) is 0 Å². The molecule has 0 N–H and O–H groups in total. The van der Waals surface area contributed by atoms with Crippen LogP contribution in [0.4, 0.5) is 0 Å². The second kappa shape index (κ2) is 7.57. The lowest BCUT2D eigenvalue weighted by molar-refractivity contribution is -0.141. The molecule has 2 amide bonds. The lowest BCUT2D eigenvalue weighted by atomic mass is 9.85. The summed E-state index contributed by atoms with van der Waals surface area (Å²) in [6, 6.07) is 3.37. The van der Waals surface area contributed by atoms with Crippen LogP contribution in [-0.2, 0) is 16.1 Å². The van der Waals surface area contributed by atoms with Crippen LogP contribution in [0.15, 0.2) is 28.7 Å². The van der Waals surface area contributed by atoms with Gasteiger partial charge in [0.25, 0.3) is 0 Å². The number of hydrogen-bond acceptors (Lipinski definition) is 8. The number of carbonyl (C=O) groups excluding carboxylic acids is 2. The molecular formula is C20H21N3O6. The molecule has 1 fully saturated rings. The number of amides is 2. The van der Waals surface area contributed by atoms with Gasteiger partial charge in [-0.1, -0.05) is 12.2 Å². The first kappa shape index (κ1) is 19.0. The molecule has 2 atom stereocenters. The number of nitrogens with zero attached hydrogens (tertiary/aromatic N) is 3. The van der Waals surface area contributed by atoms with E-state index in [9.17, 15) is 9.59 Å². The molecule has 0 saturated carbocycles. The van der Waals surface area contributed by atoms with E-state index in [1.807, 2.05) is 12.2 Å². The van der Waals surface area contributed by atoms with Crippen molar-refractivity contribution in [3.8, 4) is 28.7 Å². The van der Waals surface area contributed by atoms with Gasteiger partial charge in [-0.3, -0.25) is 14.5 Å². The zero-order valence-electron chi connectivity index (χ0n) is 16.4. The maximum atomic E-state index is 12.6. The molecule has 0 spiro atoms. The van der Waals surface area contributed by atoms with Gasteiger partial charge in [0.2, 0.25) is 29.3 Å². The van der Waals surface area contributed by atoms with Gasteiger partial charge in [-0.05, 0) is 25.0 Å². The van der Waals surface area contributed by atoms with Gasteiger partial charge in [-0.2, -0.15) is 0 Å². The number of hydrogen-bond donors (Lipinski definition) is 0. The Morgan fingerprint density at radius 3 is 2.07 bits per heavy atom. The van der Waals surface area contributed by atoms with Crippen molar-refractivity contribution >= 4 is 11.8 Å². The number of aromatic nitrogens is 2. The Morgan fingerprint density at radius 1 is 0.966 bits per heavy atom. The largest absolute Gasteiger partial charge is 0.493 e. The van der Waals surface area contributed by atoms with E-state index in [1.54, 1.807) is 12.1 Å². The molecule has 1 aromatic heterocycles. The zero-order valence-corrected chi connectivity index (χ0v) is 16.4. The molecule has 0 unspecified atom stereocenters. The fourth-order valence-electron chi connectivity index (χ4n) is 3.80. The van der Waals surface area contributed by atoms with Crippen LogP contribution in [0.2, 0.25) is 0 Å². The summed E-state index contributed by atoms with van der Waals surface area (Å²) in [5.41, 5.74) is 0.565. The van der Waals surface area contributed by atoms with Crippen LogP contribution in [0, 0.1) is 11.8 Å².